The minimum atomic E-state index is -0.559. The van der Waals surface area contributed by atoms with E-state index in [1.165, 1.54) is 0 Å². The lowest BCUT2D eigenvalue weighted by molar-refractivity contribution is -0.133. The zero-order valence-electron chi connectivity index (χ0n) is 13.1. The number of hydrogen-bond donors (Lipinski definition) is 1. The lowest BCUT2D eigenvalue weighted by atomic mass is 9.98. The largest absolute Gasteiger partial charge is 0.444 e. The Balaban J connectivity index is 2.69. The summed E-state index contributed by atoms with van der Waals surface area (Å²) in [4.78, 5) is 26.2. The van der Waals surface area contributed by atoms with E-state index in [0.717, 1.165) is 18.7 Å². The molecule has 6 heteroatoms. The Kier molecular flexibility index (Phi) is 6.17. The average molecular weight is 302 g/mol. The van der Waals surface area contributed by atoms with Gasteiger partial charge < -0.3 is 15.0 Å². The smallest absolute Gasteiger partial charge is 0.408 e. The van der Waals surface area contributed by atoms with Crippen LogP contribution in [0.5, 0.6) is 0 Å². The third-order valence-electron chi connectivity index (χ3n) is 3.22. The van der Waals surface area contributed by atoms with Crippen LogP contribution in [0.3, 0.4) is 0 Å². The first-order valence-electron chi connectivity index (χ1n) is 7.10. The summed E-state index contributed by atoms with van der Waals surface area (Å²) in [6.45, 7) is 10.2. The number of ether oxygens (including phenoxy) is 1. The van der Waals surface area contributed by atoms with E-state index in [2.05, 4.69) is 5.32 Å². The van der Waals surface area contributed by atoms with Gasteiger partial charge in [-0.15, -0.1) is 11.8 Å². The van der Waals surface area contributed by atoms with Crippen molar-refractivity contribution in [1.82, 2.24) is 10.2 Å². The maximum absolute atomic E-state index is 12.5. The molecule has 0 radical (unpaired) electrons. The van der Waals surface area contributed by atoms with E-state index in [0.29, 0.717) is 5.88 Å². The van der Waals surface area contributed by atoms with Crippen LogP contribution in [0.15, 0.2) is 0 Å². The molecule has 1 unspecified atom stereocenters. The second-order valence-electron chi connectivity index (χ2n) is 6.15. The van der Waals surface area contributed by atoms with Gasteiger partial charge >= 0.3 is 6.09 Å². The molecule has 2 atom stereocenters. The molecule has 0 aliphatic carbocycles. The number of amides is 2. The van der Waals surface area contributed by atoms with Gasteiger partial charge in [0, 0.05) is 12.3 Å². The van der Waals surface area contributed by atoms with Gasteiger partial charge in [-0.3, -0.25) is 4.79 Å². The first-order chi connectivity index (χ1) is 9.24. The summed E-state index contributed by atoms with van der Waals surface area (Å²) in [6.07, 6.45) is 0.302. The zero-order chi connectivity index (χ0) is 15.3. The molecule has 5 nitrogen and oxygen atoms in total. The molecule has 1 N–H and O–H groups in total. The van der Waals surface area contributed by atoms with Gasteiger partial charge in [0.25, 0.3) is 0 Å². The first kappa shape index (κ1) is 17.1. The fourth-order valence-corrected chi connectivity index (χ4v) is 2.86. The topological polar surface area (TPSA) is 58.6 Å². The van der Waals surface area contributed by atoms with E-state index in [1.807, 2.05) is 34.6 Å². The molecule has 1 saturated heterocycles. The SMILES string of the molecule is CCC(C)[C@H](NC(=O)OC(C)(C)C)C(=O)N1CCSC1. The maximum Gasteiger partial charge on any atom is 0.408 e. The lowest BCUT2D eigenvalue weighted by Gasteiger charge is -2.29. The molecule has 1 heterocycles. The van der Waals surface area contributed by atoms with Gasteiger partial charge in [-0.25, -0.2) is 4.79 Å². The third-order valence-corrected chi connectivity index (χ3v) is 4.18. The van der Waals surface area contributed by atoms with Crippen LogP contribution in [-0.2, 0) is 9.53 Å². The molecule has 0 aromatic rings. The van der Waals surface area contributed by atoms with Gasteiger partial charge in [0.05, 0.1) is 5.88 Å². The Labute approximate surface area is 125 Å². The molecule has 1 aliphatic heterocycles. The summed E-state index contributed by atoms with van der Waals surface area (Å²) >= 11 is 1.74. The molecule has 116 valence electrons. The fraction of sp³-hybridized carbons (Fsp3) is 0.857. The normalized spacial score (nSPS) is 18.6. The van der Waals surface area contributed by atoms with Crippen LogP contribution < -0.4 is 5.32 Å². The molecule has 0 bridgehead atoms. The highest BCUT2D eigenvalue weighted by molar-refractivity contribution is 7.99. The van der Waals surface area contributed by atoms with Crippen molar-refractivity contribution in [2.75, 3.05) is 18.2 Å². The van der Waals surface area contributed by atoms with Crippen molar-refractivity contribution in [2.24, 2.45) is 5.92 Å². The summed E-state index contributed by atoms with van der Waals surface area (Å²) in [5.41, 5.74) is -0.559. The van der Waals surface area contributed by atoms with E-state index in [1.54, 1.807) is 16.7 Å². The highest BCUT2D eigenvalue weighted by Gasteiger charge is 2.32. The zero-order valence-corrected chi connectivity index (χ0v) is 13.9. The monoisotopic (exact) mass is 302 g/mol. The van der Waals surface area contributed by atoms with E-state index < -0.39 is 17.7 Å². The van der Waals surface area contributed by atoms with E-state index in [-0.39, 0.29) is 11.8 Å². The van der Waals surface area contributed by atoms with Crippen molar-refractivity contribution in [3.8, 4) is 0 Å². The number of rotatable bonds is 4. The Morgan fingerprint density at radius 2 is 2.05 bits per heavy atom. The molecule has 0 spiro atoms. The maximum atomic E-state index is 12.5. The van der Waals surface area contributed by atoms with Crippen molar-refractivity contribution in [3.63, 3.8) is 0 Å². The van der Waals surface area contributed by atoms with Crippen LogP contribution in [0.2, 0.25) is 0 Å². The van der Waals surface area contributed by atoms with Crippen molar-refractivity contribution in [3.05, 3.63) is 0 Å². The molecule has 20 heavy (non-hydrogen) atoms. The summed E-state index contributed by atoms with van der Waals surface area (Å²) in [6, 6.07) is -0.506. The number of carbonyl (C=O) groups excluding carboxylic acids is 2. The van der Waals surface area contributed by atoms with Gasteiger partial charge in [-0.05, 0) is 26.7 Å². The van der Waals surface area contributed by atoms with Gasteiger partial charge in [-0.2, -0.15) is 0 Å². The predicted molar refractivity (Wildman–Crippen MR) is 81.7 cm³/mol. The molecule has 0 saturated carbocycles. The van der Waals surface area contributed by atoms with E-state index >= 15 is 0 Å². The number of alkyl carbamates (subject to hydrolysis) is 1. The molecular weight excluding hydrogens is 276 g/mol. The summed E-state index contributed by atoms with van der Waals surface area (Å²) in [5.74, 6) is 1.75. The highest BCUT2D eigenvalue weighted by atomic mass is 32.2. The van der Waals surface area contributed by atoms with Gasteiger partial charge in [0.2, 0.25) is 5.91 Å². The molecule has 1 fully saturated rings. The van der Waals surface area contributed by atoms with Crippen LogP contribution >= 0.6 is 11.8 Å². The van der Waals surface area contributed by atoms with Crippen molar-refractivity contribution in [1.29, 1.82) is 0 Å². The second kappa shape index (κ2) is 7.20. The Hall–Kier alpha value is -0.910. The van der Waals surface area contributed by atoms with Gasteiger partial charge in [-0.1, -0.05) is 20.3 Å². The Morgan fingerprint density at radius 3 is 2.50 bits per heavy atom. The van der Waals surface area contributed by atoms with Crippen molar-refractivity contribution in [2.45, 2.75) is 52.7 Å². The lowest BCUT2D eigenvalue weighted by Crippen LogP contribution is -2.52. The standard InChI is InChI=1S/C14H26N2O3S/c1-6-10(2)11(12(17)16-7-8-20-9-16)15-13(18)19-14(3,4)5/h10-11H,6-9H2,1-5H3,(H,15,18)/t10?,11-/m0/s1. The average Bonchev–Trinajstić information content (AvgIpc) is 2.85. The second-order valence-corrected chi connectivity index (χ2v) is 7.22. The highest BCUT2D eigenvalue weighted by Crippen LogP contribution is 2.18. The minimum Gasteiger partial charge on any atom is -0.444 e. The molecule has 1 rings (SSSR count). The van der Waals surface area contributed by atoms with Crippen molar-refractivity contribution < 1.29 is 14.3 Å². The summed E-state index contributed by atoms with van der Waals surface area (Å²) in [5, 5.41) is 2.74. The Bertz CT molecular complexity index is 349. The number of carbonyl (C=O) groups is 2. The quantitative estimate of drug-likeness (QED) is 0.866. The van der Waals surface area contributed by atoms with E-state index in [9.17, 15) is 9.59 Å². The predicted octanol–water partition coefficient (Wildman–Crippen LogP) is 2.46. The summed E-state index contributed by atoms with van der Waals surface area (Å²) in [7, 11) is 0. The number of thioether (sulfide) groups is 1. The third kappa shape index (κ3) is 5.23. The number of hydrogen-bond acceptors (Lipinski definition) is 4. The number of nitrogens with one attached hydrogen (secondary N) is 1. The number of nitrogens with zero attached hydrogens (tertiary/aromatic N) is 1. The Morgan fingerprint density at radius 1 is 1.40 bits per heavy atom. The minimum absolute atomic E-state index is 0.00444. The molecule has 1 aliphatic rings. The first-order valence-corrected chi connectivity index (χ1v) is 8.26. The van der Waals surface area contributed by atoms with Crippen LogP contribution in [-0.4, -0.2) is 46.7 Å². The van der Waals surface area contributed by atoms with Gasteiger partial charge in [0.15, 0.2) is 0 Å². The molecule has 2 amide bonds. The van der Waals surface area contributed by atoms with Crippen LogP contribution in [0.4, 0.5) is 4.79 Å². The van der Waals surface area contributed by atoms with Crippen molar-refractivity contribution >= 4 is 23.8 Å². The van der Waals surface area contributed by atoms with Crippen LogP contribution in [0, 0.1) is 5.92 Å². The van der Waals surface area contributed by atoms with Gasteiger partial charge in [0.1, 0.15) is 11.6 Å². The van der Waals surface area contributed by atoms with E-state index in [4.69, 9.17) is 4.74 Å². The fourth-order valence-electron chi connectivity index (χ4n) is 1.90. The summed E-state index contributed by atoms with van der Waals surface area (Å²) < 4.78 is 5.25. The molecule has 0 aromatic heterocycles. The van der Waals surface area contributed by atoms with Crippen LogP contribution in [0.25, 0.3) is 0 Å². The van der Waals surface area contributed by atoms with Crippen LogP contribution in [0.1, 0.15) is 41.0 Å². The molecular formula is C14H26N2O3S. The molecule has 0 aromatic carbocycles.